The lowest BCUT2D eigenvalue weighted by Gasteiger charge is -2.07. The van der Waals surface area contributed by atoms with Gasteiger partial charge in [0.2, 0.25) is 17.0 Å². The molecule has 2 amide bonds. The number of benzene rings is 2. The Kier molecular flexibility index (Phi) is 6.33. The smallest absolute Gasteiger partial charge is 0.234 e. The van der Waals surface area contributed by atoms with Crippen LogP contribution in [0.5, 0.6) is 0 Å². The number of nitrogens with zero attached hydrogens (tertiary/aromatic N) is 4. The lowest BCUT2D eigenvalue weighted by Crippen LogP contribution is -2.15. The summed E-state index contributed by atoms with van der Waals surface area (Å²) in [5, 5.41) is 17.3. The van der Waals surface area contributed by atoms with Gasteiger partial charge in [-0.25, -0.2) is 4.39 Å². The molecule has 0 atom stereocenters. The fraction of sp³-hybridized carbons (Fsp3) is 0.167. The molecule has 3 aromatic rings. The van der Waals surface area contributed by atoms with E-state index in [-0.39, 0.29) is 23.4 Å². The Morgan fingerprint density at radius 1 is 1.00 bits per heavy atom. The van der Waals surface area contributed by atoms with E-state index in [4.69, 9.17) is 0 Å². The number of carbonyl (C=O) groups is 2. The lowest BCUT2D eigenvalue weighted by molar-refractivity contribution is -0.116. The van der Waals surface area contributed by atoms with Crippen molar-refractivity contribution < 1.29 is 14.0 Å². The molecule has 28 heavy (non-hydrogen) atoms. The maximum atomic E-state index is 13.1. The van der Waals surface area contributed by atoms with Gasteiger partial charge in [0.1, 0.15) is 5.82 Å². The largest absolute Gasteiger partial charge is 0.326 e. The lowest BCUT2D eigenvalue weighted by atomic mass is 10.2. The number of nitrogens with one attached hydrogen (secondary N) is 2. The van der Waals surface area contributed by atoms with Gasteiger partial charge < -0.3 is 10.6 Å². The zero-order valence-electron chi connectivity index (χ0n) is 14.9. The quantitative estimate of drug-likeness (QED) is 0.592. The van der Waals surface area contributed by atoms with Crippen molar-refractivity contribution in [2.75, 3.05) is 16.4 Å². The number of thioether (sulfide) groups is 1. The molecule has 10 heteroatoms. The highest BCUT2D eigenvalue weighted by Gasteiger charge is 2.12. The summed E-state index contributed by atoms with van der Waals surface area (Å²) in [6.45, 7) is 1.77. The minimum Gasteiger partial charge on any atom is -0.326 e. The van der Waals surface area contributed by atoms with Crippen LogP contribution in [0.2, 0.25) is 0 Å². The highest BCUT2D eigenvalue weighted by atomic mass is 32.2. The SMILES string of the molecule is CCC(=O)Nc1ccc(NC(=O)CSc2nnnn2-c2ccc(F)cc2)cc1. The number of amides is 2. The maximum Gasteiger partial charge on any atom is 0.234 e. The average molecular weight is 400 g/mol. The number of carbonyl (C=O) groups excluding carboxylic acids is 2. The molecule has 0 aliphatic rings. The predicted molar refractivity (Wildman–Crippen MR) is 104 cm³/mol. The number of rotatable bonds is 7. The van der Waals surface area contributed by atoms with E-state index in [9.17, 15) is 14.0 Å². The van der Waals surface area contributed by atoms with Crippen molar-refractivity contribution in [3.63, 3.8) is 0 Å². The van der Waals surface area contributed by atoms with Crippen LogP contribution in [0.3, 0.4) is 0 Å². The van der Waals surface area contributed by atoms with Crippen molar-refractivity contribution >= 4 is 35.0 Å². The van der Waals surface area contributed by atoms with Crippen molar-refractivity contribution in [3.8, 4) is 5.69 Å². The van der Waals surface area contributed by atoms with E-state index < -0.39 is 0 Å². The minimum atomic E-state index is -0.356. The van der Waals surface area contributed by atoms with Crippen LogP contribution < -0.4 is 10.6 Å². The molecule has 0 aliphatic carbocycles. The summed E-state index contributed by atoms with van der Waals surface area (Å²) in [6, 6.07) is 12.6. The Balaban J connectivity index is 1.56. The first-order valence-corrected chi connectivity index (χ1v) is 9.40. The van der Waals surface area contributed by atoms with Gasteiger partial charge in [0, 0.05) is 17.8 Å². The molecule has 2 N–H and O–H groups in total. The minimum absolute atomic E-state index is 0.0768. The number of anilines is 2. The summed E-state index contributed by atoms with van der Waals surface area (Å²) < 4.78 is 14.5. The molecule has 2 aromatic carbocycles. The van der Waals surface area contributed by atoms with E-state index >= 15 is 0 Å². The second-order valence-electron chi connectivity index (χ2n) is 5.67. The molecule has 0 fully saturated rings. The maximum absolute atomic E-state index is 13.1. The Morgan fingerprint density at radius 2 is 1.61 bits per heavy atom. The van der Waals surface area contributed by atoms with Crippen molar-refractivity contribution in [2.24, 2.45) is 0 Å². The van der Waals surface area contributed by atoms with Crippen LogP contribution in [0, 0.1) is 5.82 Å². The first-order valence-electron chi connectivity index (χ1n) is 8.42. The highest BCUT2D eigenvalue weighted by molar-refractivity contribution is 7.99. The molecule has 0 bridgehead atoms. The van der Waals surface area contributed by atoms with Gasteiger partial charge in [0.25, 0.3) is 0 Å². The second kappa shape index (κ2) is 9.09. The van der Waals surface area contributed by atoms with Gasteiger partial charge in [0.05, 0.1) is 11.4 Å². The van der Waals surface area contributed by atoms with E-state index in [0.29, 0.717) is 28.6 Å². The predicted octanol–water partition coefficient (Wildman–Crippen LogP) is 2.88. The monoisotopic (exact) mass is 400 g/mol. The van der Waals surface area contributed by atoms with Gasteiger partial charge in [-0.1, -0.05) is 18.7 Å². The van der Waals surface area contributed by atoms with Crippen LogP contribution >= 0.6 is 11.8 Å². The van der Waals surface area contributed by atoms with Crippen molar-refractivity contribution in [3.05, 3.63) is 54.3 Å². The van der Waals surface area contributed by atoms with Crippen LogP contribution in [0.1, 0.15) is 13.3 Å². The number of hydrogen-bond donors (Lipinski definition) is 2. The molecule has 0 saturated carbocycles. The van der Waals surface area contributed by atoms with Crippen molar-refractivity contribution in [1.29, 1.82) is 0 Å². The summed E-state index contributed by atoms with van der Waals surface area (Å²) in [7, 11) is 0. The van der Waals surface area contributed by atoms with E-state index in [0.717, 1.165) is 11.8 Å². The molecule has 0 spiro atoms. The number of hydrogen-bond acceptors (Lipinski definition) is 6. The first kappa shape index (κ1) is 19.5. The summed E-state index contributed by atoms with van der Waals surface area (Å²) in [5.74, 6) is -0.572. The van der Waals surface area contributed by atoms with Crippen molar-refractivity contribution in [2.45, 2.75) is 18.5 Å². The fourth-order valence-electron chi connectivity index (χ4n) is 2.23. The van der Waals surface area contributed by atoms with Crippen LogP contribution in [0.25, 0.3) is 5.69 Å². The third kappa shape index (κ3) is 5.13. The Bertz CT molecular complexity index is 959. The summed E-state index contributed by atoms with van der Waals surface area (Å²) in [6.07, 6.45) is 0.396. The molecule has 1 aromatic heterocycles. The van der Waals surface area contributed by atoms with E-state index in [1.54, 1.807) is 43.3 Å². The normalized spacial score (nSPS) is 10.5. The van der Waals surface area contributed by atoms with E-state index in [1.165, 1.54) is 16.8 Å². The summed E-state index contributed by atoms with van der Waals surface area (Å²) >= 11 is 1.16. The molecule has 0 aliphatic heterocycles. The highest BCUT2D eigenvalue weighted by Crippen LogP contribution is 2.19. The topological polar surface area (TPSA) is 102 Å². The molecular weight excluding hydrogens is 383 g/mol. The number of tetrazole rings is 1. The van der Waals surface area contributed by atoms with Crippen LogP contribution in [-0.4, -0.2) is 37.8 Å². The van der Waals surface area contributed by atoms with Gasteiger partial charge in [0.15, 0.2) is 0 Å². The Morgan fingerprint density at radius 3 is 2.21 bits per heavy atom. The van der Waals surface area contributed by atoms with Crippen molar-refractivity contribution in [1.82, 2.24) is 20.2 Å². The van der Waals surface area contributed by atoms with Crippen LogP contribution in [0.4, 0.5) is 15.8 Å². The van der Waals surface area contributed by atoms with Gasteiger partial charge in [-0.3, -0.25) is 9.59 Å². The molecule has 0 saturated heterocycles. The Hall–Kier alpha value is -3.27. The van der Waals surface area contributed by atoms with Crippen LogP contribution in [-0.2, 0) is 9.59 Å². The van der Waals surface area contributed by atoms with E-state index in [2.05, 4.69) is 26.2 Å². The fourth-order valence-corrected chi connectivity index (χ4v) is 2.92. The van der Waals surface area contributed by atoms with Crippen LogP contribution in [0.15, 0.2) is 53.7 Å². The number of aromatic nitrogens is 4. The summed E-state index contributed by atoms with van der Waals surface area (Å²) in [5.41, 5.74) is 1.87. The average Bonchev–Trinajstić information content (AvgIpc) is 3.17. The second-order valence-corrected chi connectivity index (χ2v) is 6.61. The van der Waals surface area contributed by atoms with Gasteiger partial charge in [-0.15, -0.1) is 5.10 Å². The molecule has 3 rings (SSSR count). The molecule has 8 nitrogen and oxygen atoms in total. The molecule has 144 valence electrons. The molecule has 0 radical (unpaired) electrons. The molecular formula is C18H17FN6O2S. The number of halogens is 1. The van der Waals surface area contributed by atoms with Gasteiger partial charge in [-0.2, -0.15) is 4.68 Å². The van der Waals surface area contributed by atoms with Gasteiger partial charge in [-0.05, 0) is 59.0 Å². The molecule has 0 unspecified atom stereocenters. The molecule has 1 heterocycles. The van der Waals surface area contributed by atoms with E-state index in [1.807, 2.05) is 0 Å². The Labute approximate surface area is 164 Å². The standard InChI is InChI=1S/C18H17FN6O2S/c1-2-16(26)20-13-5-7-14(8-6-13)21-17(27)11-28-18-22-23-24-25(18)15-9-3-12(19)4-10-15/h3-10H,2,11H2,1H3,(H,20,26)(H,21,27). The third-order valence-electron chi connectivity index (χ3n) is 3.62. The first-order chi connectivity index (χ1) is 13.5. The van der Waals surface area contributed by atoms with Gasteiger partial charge >= 0.3 is 0 Å². The zero-order chi connectivity index (χ0) is 19.9. The summed E-state index contributed by atoms with van der Waals surface area (Å²) in [4.78, 5) is 23.5. The zero-order valence-corrected chi connectivity index (χ0v) is 15.7. The third-order valence-corrected chi connectivity index (χ3v) is 4.54.